The van der Waals surface area contributed by atoms with E-state index < -0.39 is 0 Å². The van der Waals surface area contributed by atoms with Crippen molar-refractivity contribution < 1.29 is 4.79 Å². The minimum Gasteiger partial charge on any atom is -0.350 e. The lowest BCUT2D eigenvalue weighted by Crippen LogP contribution is -2.38. The van der Waals surface area contributed by atoms with Crippen LogP contribution in [0.4, 0.5) is 0 Å². The number of rotatable bonds is 5. The molecule has 1 aromatic heterocycles. The normalized spacial score (nSPS) is 12.4. The smallest absolute Gasteiger partial charge is 0.253 e. The molecule has 1 amide bonds. The summed E-state index contributed by atoms with van der Waals surface area (Å²) in [4.78, 5) is 17.1. The Morgan fingerprint density at radius 2 is 1.96 bits per heavy atom. The number of hydrogen-bond donors (Lipinski definition) is 2. The highest BCUT2D eigenvalue weighted by atomic mass is 16.1. The van der Waals surface area contributed by atoms with Gasteiger partial charge in [-0.15, -0.1) is 0 Å². The van der Waals surface area contributed by atoms with Crippen LogP contribution in [0.3, 0.4) is 0 Å². The molecule has 0 saturated heterocycles. The van der Waals surface area contributed by atoms with E-state index in [0.29, 0.717) is 12.1 Å². The number of carbonyl (C=O) groups excluding carboxylic acids is 1. The maximum absolute atomic E-state index is 12.6. The molecule has 3 aromatic rings. The van der Waals surface area contributed by atoms with Crippen LogP contribution >= 0.6 is 0 Å². The van der Waals surface area contributed by atoms with E-state index in [1.54, 1.807) is 6.20 Å². The molecule has 0 spiro atoms. The van der Waals surface area contributed by atoms with Crippen molar-refractivity contribution in [1.82, 2.24) is 15.6 Å². The lowest BCUT2D eigenvalue weighted by atomic mass is 10.0. The van der Waals surface area contributed by atoms with E-state index in [9.17, 15) is 4.79 Å². The van der Waals surface area contributed by atoms with Crippen LogP contribution in [0.15, 0.2) is 48.7 Å². The van der Waals surface area contributed by atoms with E-state index in [4.69, 9.17) is 0 Å². The zero-order valence-electron chi connectivity index (χ0n) is 13.5. The molecule has 4 heteroatoms. The van der Waals surface area contributed by atoms with Crippen molar-refractivity contribution >= 4 is 27.6 Å². The minimum atomic E-state index is -0.0794. The van der Waals surface area contributed by atoms with Crippen molar-refractivity contribution in [3.63, 3.8) is 0 Å². The van der Waals surface area contributed by atoms with Gasteiger partial charge in [-0.05, 0) is 36.4 Å². The minimum absolute atomic E-state index is 0.0794. The average Bonchev–Trinajstić information content (AvgIpc) is 2.59. The van der Waals surface area contributed by atoms with Crippen molar-refractivity contribution in [2.75, 3.05) is 13.1 Å². The number of amides is 1. The monoisotopic (exact) mass is 307 g/mol. The average molecular weight is 307 g/mol. The summed E-state index contributed by atoms with van der Waals surface area (Å²) in [5, 5.41) is 9.47. The van der Waals surface area contributed by atoms with Gasteiger partial charge < -0.3 is 10.6 Å². The van der Waals surface area contributed by atoms with Gasteiger partial charge in [-0.1, -0.05) is 37.3 Å². The number of fused-ring (bicyclic) bond motifs is 3. The van der Waals surface area contributed by atoms with Crippen molar-refractivity contribution in [2.24, 2.45) is 0 Å². The third kappa shape index (κ3) is 3.17. The quantitative estimate of drug-likeness (QED) is 0.712. The summed E-state index contributed by atoms with van der Waals surface area (Å²) in [7, 11) is 0. The molecule has 1 heterocycles. The van der Waals surface area contributed by atoms with Crippen LogP contribution < -0.4 is 10.6 Å². The molecule has 0 aliphatic heterocycles. The van der Waals surface area contributed by atoms with Gasteiger partial charge in [0.25, 0.3) is 5.91 Å². The van der Waals surface area contributed by atoms with Gasteiger partial charge >= 0.3 is 0 Å². The number of pyridine rings is 1. The molecule has 0 saturated carbocycles. The van der Waals surface area contributed by atoms with Gasteiger partial charge in [0, 0.05) is 24.2 Å². The van der Waals surface area contributed by atoms with E-state index in [-0.39, 0.29) is 11.9 Å². The number of carbonyl (C=O) groups is 1. The molecule has 3 rings (SSSR count). The molecule has 0 unspecified atom stereocenters. The molecule has 23 heavy (non-hydrogen) atoms. The molecule has 0 fully saturated rings. The number of nitrogens with zero attached hydrogens (tertiary/aromatic N) is 1. The lowest BCUT2D eigenvalue weighted by Gasteiger charge is -2.14. The van der Waals surface area contributed by atoms with E-state index >= 15 is 0 Å². The van der Waals surface area contributed by atoms with Crippen molar-refractivity contribution in [3.8, 4) is 0 Å². The first-order valence-electron chi connectivity index (χ1n) is 7.98. The highest BCUT2D eigenvalue weighted by Crippen LogP contribution is 2.27. The van der Waals surface area contributed by atoms with Crippen LogP contribution in [-0.2, 0) is 0 Å². The molecule has 2 aromatic carbocycles. The zero-order valence-corrected chi connectivity index (χ0v) is 13.5. The number of likely N-dealkylation sites (N-methyl/N-ethyl adjacent to an activating group) is 1. The second kappa shape index (κ2) is 6.75. The summed E-state index contributed by atoms with van der Waals surface area (Å²) in [6, 6.07) is 14.2. The summed E-state index contributed by atoms with van der Waals surface area (Å²) in [5.74, 6) is -0.0794. The Hall–Kier alpha value is -2.46. The fourth-order valence-electron chi connectivity index (χ4n) is 2.86. The molecule has 0 radical (unpaired) electrons. The first-order valence-corrected chi connectivity index (χ1v) is 7.98. The molecule has 1 atom stereocenters. The predicted octanol–water partition coefficient (Wildman–Crippen LogP) is 3.12. The summed E-state index contributed by atoms with van der Waals surface area (Å²) in [6.45, 7) is 5.59. The van der Waals surface area contributed by atoms with Crippen molar-refractivity contribution in [1.29, 1.82) is 0 Å². The first-order chi connectivity index (χ1) is 11.2. The Labute approximate surface area is 135 Å². The third-order valence-corrected chi connectivity index (χ3v) is 3.98. The number of benzene rings is 2. The summed E-state index contributed by atoms with van der Waals surface area (Å²) < 4.78 is 0. The van der Waals surface area contributed by atoms with Crippen LogP contribution in [0, 0.1) is 0 Å². The SMILES string of the molecule is CCN[C@H](C)CNC(=O)c1cc2ccccc2c2cccnc12. The highest BCUT2D eigenvalue weighted by Gasteiger charge is 2.14. The van der Waals surface area contributed by atoms with E-state index in [1.165, 1.54) is 0 Å². The van der Waals surface area contributed by atoms with Crippen LogP contribution in [0.5, 0.6) is 0 Å². The molecule has 4 nitrogen and oxygen atoms in total. The van der Waals surface area contributed by atoms with Gasteiger partial charge in [0.2, 0.25) is 0 Å². The van der Waals surface area contributed by atoms with Crippen LogP contribution in [0.25, 0.3) is 21.7 Å². The van der Waals surface area contributed by atoms with Crippen molar-refractivity contribution in [2.45, 2.75) is 19.9 Å². The maximum atomic E-state index is 12.6. The first kappa shape index (κ1) is 15.4. The molecule has 0 aliphatic rings. The predicted molar refractivity (Wildman–Crippen MR) is 94.7 cm³/mol. The van der Waals surface area contributed by atoms with Gasteiger partial charge in [-0.3, -0.25) is 9.78 Å². The Morgan fingerprint density at radius 3 is 2.78 bits per heavy atom. The zero-order chi connectivity index (χ0) is 16.2. The number of aromatic nitrogens is 1. The Balaban J connectivity index is 2.00. The number of hydrogen-bond acceptors (Lipinski definition) is 3. The van der Waals surface area contributed by atoms with E-state index in [0.717, 1.165) is 28.2 Å². The second-order valence-corrected chi connectivity index (χ2v) is 5.71. The van der Waals surface area contributed by atoms with E-state index in [1.807, 2.05) is 36.4 Å². The molecular weight excluding hydrogens is 286 g/mol. The summed E-state index contributed by atoms with van der Waals surface area (Å²) in [5.41, 5.74) is 1.38. The fraction of sp³-hybridized carbons (Fsp3) is 0.263. The Morgan fingerprint density at radius 1 is 1.17 bits per heavy atom. The van der Waals surface area contributed by atoms with Gasteiger partial charge in [0.15, 0.2) is 0 Å². The maximum Gasteiger partial charge on any atom is 0.253 e. The molecular formula is C19H21N3O. The fourth-order valence-corrected chi connectivity index (χ4v) is 2.86. The van der Waals surface area contributed by atoms with Gasteiger partial charge in [0.05, 0.1) is 11.1 Å². The number of nitrogens with one attached hydrogen (secondary N) is 2. The molecule has 0 bridgehead atoms. The second-order valence-electron chi connectivity index (χ2n) is 5.71. The van der Waals surface area contributed by atoms with Crippen LogP contribution in [0.1, 0.15) is 24.2 Å². The molecule has 118 valence electrons. The largest absolute Gasteiger partial charge is 0.350 e. The van der Waals surface area contributed by atoms with Gasteiger partial charge in [0.1, 0.15) is 0 Å². The van der Waals surface area contributed by atoms with Gasteiger partial charge in [-0.25, -0.2) is 0 Å². The lowest BCUT2D eigenvalue weighted by molar-refractivity contribution is 0.0952. The Kier molecular flexibility index (Phi) is 4.53. The molecule has 0 aliphatic carbocycles. The standard InChI is InChI=1S/C19H21N3O/c1-3-20-13(2)12-22-19(23)17-11-14-7-4-5-8-15(14)16-9-6-10-21-18(16)17/h4-11,13,20H,3,12H2,1-2H3,(H,22,23)/t13-/m1/s1. The van der Waals surface area contributed by atoms with E-state index in [2.05, 4.69) is 35.5 Å². The van der Waals surface area contributed by atoms with Crippen LogP contribution in [0.2, 0.25) is 0 Å². The Bertz CT molecular complexity index is 844. The van der Waals surface area contributed by atoms with Gasteiger partial charge in [-0.2, -0.15) is 0 Å². The summed E-state index contributed by atoms with van der Waals surface area (Å²) >= 11 is 0. The highest BCUT2D eigenvalue weighted by molar-refractivity contribution is 6.15. The topological polar surface area (TPSA) is 54.0 Å². The van der Waals surface area contributed by atoms with Crippen LogP contribution in [-0.4, -0.2) is 30.0 Å². The summed E-state index contributed by atoms with van der Waals surface area (Å²) in [6.07, 6.45) is 1.73. The van der Waals surface area contributed by atoms with Crippen molar-refractivity contribution in [3.05, 3.63) is 54.2 Å². The molecule has 2 N–H and O–H groups in total. The third-order valence-electron chi connectivity index (χ3n) is 3.98.